The summed E-state index contributed by atoms with van der Waals surface area (Å²) >= 11 is 0. The van der Waals surface area contributed by atoms with E-state index in [0.717, 1.165) is 6.54 Å². The highest BCUT2D eigenvalue weighted by Crippen LogP contribution is 2.27. The molecule has 0 atom stereocenters. The molecule has 0 saturated carbocycles. The molecule has 2 nitrogen and oxygen atoms in total. The summed E-state index contributed by atoms with van der Waals surface area (Å²) in [6, 6.07) is 0. The van der Waals surface area contributed by atoms with Crippen LogP contribution in [0, 0.1) is 0 Å². The Morgan fingerprint density at radius 1 is 1.12 bits per heavy atom. The van der Waals surface area contributed by atoms with Crippen LogP contribution in [-0.2, 0) is 0 Å². The van der Waals surface area contributed by atoms with Crippen LogP contribution in [-0.4, -0.2) is 36.6 Å². The lowest BCUT2D eigenvalue weighted by Crippen LogP contribution is -2.42. The average Bonchev–Trinajstić information content (AvgIpc) is 2.57. The second kappa shape index (κ2) is 7.29. The fourth-order valence-electron chi connectivity index (χ4n) is 2.59. The molecule has 2 heteroatoms. The molecule has 1 heterocycles. The number of hydrogen-bond donors (Lipinski definition) is 1. The van der Waals surface area contributed by atoms with Gasteiger partial charge in [0.05, 0.1) is 0 Å². The van der Waals surface area contributed by atoms with Crippen LogP contribution >= 0.6 is 0 Å². The molecule has 1 rings (SSSR count). The molecule has 0 aromatic heterocycles. The van der Waals surface area contributed by atoms with Gasteiger partial charge in [-0.1, -0.05) is 26.2 Å². The Morgan fingerprint density at radius 2 is 1.94 bits per heavy atom. The van der Waals surface area contributed by atoms with Crippen LogP contribution < -0.4 is 5.32 Å². The molecule has 0 spiro atoms. The van der Waals surface area contributed by atoms with E-state index in [0.29, 0.717) is 5.54 Å². The summed E-state index contributed by atoms with van der Waals surface area (Å²) in [6.07, 6.45) is 8.20. The van der Waals surface area contributed by atoms with Gasteiger partial charge in [0.15, 0.2) is 0 Å². The zero-order valence-corrected chi connectivity index (χ0v) is 11.5. The van der Waals surface area contributed by atoms with E-state index in [9.17, 15) is 0 Å². The number of likely N-dealkylation sites (tertiary alicyclic amines) is 1. The van der Waals surface area contributed by atoms with Gasteiger partial charge in [-0.25, -0.2) is 0 Å². The Bertz CT molecular complexity index is 178. The summed E-state index contributed by atoms with van der Waals surface area (Å²) in [5, 5.41) is 3.57. The lowest BCUT2D eigenvalue weighted by Gasteiger charge is -2.31. The fourth-order valence-corrected chi connectivity index (χ4v) is 2.59. The van der Waals surface area contributed by atoms with Crippen LogP contribution in [0.15, 0.2) is 0 Å². The first-order valence-electron chi connectivity index (χ1n) is 7.12. The van der Waals surface area contributed by atoms with Gasteiger partial charge in [-0.3, -0.25) is 4.90 Å². The minimum absolute atomic E-state index is 0.448. The summed E-state index contributed by atoms with van der Waals surface area (Å²) in [5.41, 5.74) is 0.448. The molecule has 0 radical (unpaired) electrons. The van der Waals surface area contributed by atoms with E-state index in [1.54, 1.807) is 0 Å². The average molecular weight is 226 g/mol. The maximum absolute atomic E-state index is 3.57. The maximum Gasteiger partial charge on any atom is 0.0154 e. The molecule has 1 aliphatic rings. The van der Waals surface area contributed by atoms with Crippen molar-refractivity contribution in [3.8, 4) is 0 Å². The molecule has 0 aliphatic carbocycles. The van der Waals surface area contributed by atoms with Crippen LogP contribution in [0.4, 0.5) is 0 Å². The largest absolute Gasteiger partial charge is 0.315 e. The SMILES string of the molecule is CCCCCCNCCN1CCCC1(C)C. The van der Waals surface area contributed by atoms with E-state index in [4.69, 9.17) is 0 Å². The molecule has 0 unspecified atom stereocenters. The van der Waals surface area contributed by atoms with Crippen LogP contribution in [0.1, 0.15) is 59.3 Å². The Balaban J connectivity index is 1.95. The van der Waals surface area contributed by atoms with Gasteiger partial charge in [-0.2, -0.15) is 0 Å². The fraction of sp³-hybridized carbons (Fsp3) is 1.00. The van der Waals surface area contributed by atoms with Crippen molar-refractivity contribution in [1.29, 1.82) is 0 Å². The number of unbranched alkanes of at least 4 members (excludes halogenated alkanes) is 3. The summed E-state index contributed by atoms with van der Waals surface area (Å²) in [7, 11) is 0. The molecule has 16 heavy (non-hydrogen) atoms. The summed E-state index contributed by atoms with van der Waals surface area (Å²) in [6.45, 7) is 11.9. The van der Waals surface area contributed by atoms with Gasteiger partial charge in [0, 0.05) is 18.6 Å². The molecule has 0 bridgehead atoms. The van der Waals surface area contributed by atoms with Gasteiger partial charge in [0.1, 0.15) is 0 Å². The van der Waals surface area contributed by atoms with Crippen molar-refractivity contribution in [2.45, 2.75) is 64.8 Å². The molecule has 0 aromatic rings. The van der Waals surface area contributed by atoms with E-state index in [-0.39, 0.29) is 0 Å². The smallest absolute Gasteiger partial charge is 0.0154 e. The summed E-state index contributed by atoms with van der Waals surface area (Å²) in [5.74, 6) is 0. The van der Waals surface area contributed by atoms with Gasteiger partial charge in [-0.05, 0) is 46.2 Å². The van der Waals surface area contributed by atoms with Crippen LogP contribution in [0.3, 0.4) is 0 Å². The topological polar surface area (TPSA) is 15.3 Å². The van der Waals surface area contributed by atoms with E-state index in [1.165, 1.54) is 58.2 Å². The van der Waals surface area contributed by atoms with Gasteiger partial charge in [0.2, 0.25) is 0 Å². The highest BCUT2D eigenvalue weighted by Gasteiger charge is 2.30. The van der Waals surface area contributed by atoms with Crippen molar-refractivity contribution in [3.63, 3.8) is 0 Å². The molecule has 0 aromatic carbocycles. The highest BCUT2D eigenvalue weighted by molar-refractivity contribution is 4.87. The standard InChI is InChI=1S/C14H30N2/c1-4-5-6-7-10-15-11-13-16-12-8-9-14(16,2)3/h15H,4-13H2,1-3H3. The van der Waals surface area contributed by atoms with Crippen molar-refractivity contribution in [3.05, 3.63) is 0 Å². The molecule has 1 N–H and O–H groups in total. The number of rotatable bonds is 8. The van der Waals surface area contributed by atoms with Gasteiger partial charge in [-0.15, -0.1) is 0 Å². The zero-order chi connectivity index (χ0) is 11.9. The van der Waals surface area contributed by atoms with E-state index in [1.807, 2.05) is 0 Å². The molecule has 96 valence electrons. The van der Waals surface area contributed by atoms with Crippen LogP contribution in [0.2, 0.25) is 0 Å². The minimum atomic E-state index is 0.448. The second-order valence-corrected chi connectivity index (χ2v) is 5.71. The molecule has 1 saturated heterocycles. The number of hydrogen-bond acceptors (Lipinski definition) is 2. The van der Waals surface area contributed by atoms with Gasteiger partial charge < -0.3 is 5.32 Å². The highest BCUT2D eigenvalue weighted by atomic mass is 15.2. The van der Waals surface area contributed by atoms with Crippen LogP contribution in [0.5, 0.6) is 0 Å². The number of nitrogens with zero attached hydrogens (tertiary/aromatic N) is 1. The van der Waals surface area contributed by atoms with E-state index in [2.05, 4.69) is 31.0 Å². The number of nitrogens with one attached hydrogen (secondary N) is 1. The third-order valence-corrected chi connectivity index (χ3v) is 3.84. The van der Waals surface area contributed by atoms with Crippen molar-refractivity contribution in [2.75, 3.05) is 26.2 Å². The monoisotopic (exact) mass is 226 g/mol. The Labute approximate surface area is 102 Å². The van der Waals surface area contributed by atoms with Gasteiger partial charge >= 0.3 is 0 Å². The Morgan fingerprint density at radius 3 is 2.56 bits per heavy atom. The normalized spacial score (nSPS) is 20.4. The molecule has 1 fully saturated rings. The first-order valence-corrected chi connectivity index (χ1v) is 7.12. The minimum Gasteiger partial charge on any atom is -0.315 e. The quantitative estimate of drug-likeness (QED) is 0.640. The molecule has 1 aliphatic heterocycles. The van der Waals surface area contributed by atoms with Crippen LogP contribution in [0.25, 0.3) is 0 Å². The van der Waals surface area contributed by atoms with Gasteiger partial charge in [0.25, 0.3) is 0 Å². The Hall–Kier alpha value is -0.0800. The lowest BCUT2D eigenvalue weighted by molar-refractivity contribution is 0.176. The third-order valence-electron chi connectivity index (χ3n) is 3.84. The first kappa shape index (κ1) is 14.0. The lowest BCUT2D eigenvalue weighted by atomic mass is 10.0. The Kier molecular flexibility index (Phi) is 6.37. The second-order valence-electron chi connectivity index (χ2n) is 5.71. The summed E-state index contributed by atoms with van der Waals surface area (Å²) in [4.78, 5) is 2.63. The summed E-state index contributed by atoms with van der Waals surface area (Å²) < 4.78 is 0. The van der Waals surface area contributed by atoms with Crippen molar-refractivity contribution in [1.82, 2.24) is 10.2 Å². The van der Waals surface area contributed by atoms with E-state index < -0.39 is 0 Å². The predicted molar refractivity (Wildman–Crippen MR) is 71.9 cm³/mol. The third kappa shape index (κ3) is 4.84. The first-order chi connectivity index (χ1) is 7.67. The van der Waals surface area contributed by atoms with Crippen molar-refractivity contribution >= 4 is 0 Å². The maximum atomic E-state index is 3.57. The molecular formula is C14H30N2. The van der Waals surface area contributed by atoms with Crippen molar-refractivity contribution < 1.29 is 0 Å². The van der Waals surface area contributed by atoms with Crippen molar-refractivity contribution in [2.24, 2.45) is 0 Å². The molecule has 0 amide bonds. The zero-order valence-electron chi connectivity index (χ0n) is 11.5. The van der Waals surface area contributed by atoms with E-state index >= 15 is 0 Å². The molecular weight excluding hydrogens is 196 g/mol. The predicted octanol–water partition coefficient (Wildman–Crippen LogP) is 3.03.